The lowest BCUT2D eigenvalue weighted by atomic mass is 9.86. The second kappa shape index (κ2) is 5.48. The number of unbranched alkanes of at least 4 members (excludes halogenated alkanes) is 3. The van der Waals surface area contributed by atoms with Gasteiger partial charge in [0.2, 0.25) is 5.91 Å². The highest BCUT2D eigenvalue weighted by Gasteiger charge is 2.54. The van der Waals surface area contributed by atoms with Crippen LogP contribution in [0, 0.1) is 5.92 Å². The van der Waals surface area contributed by atoms with Crippen molar-refractivity contribution in [3.8, 4) is 0 Å². The maximum absolute atomic E-state index is 11.9. The molecule has 1 aliphatic heterocycles. The van der Waals surface area contributed by atoms with Gasteiger partial charge in [-0.1, -0.05) is 44.4 Å². The maximum atomic E-state index is 11.9. The molecular formula is C14H19NO3. The average Bonchev–Trinajstić information content (AvgIpc) is 2.62. The van der Waals surface area contributed by atoms with Gasteiger partial charge in [-0.3, -0.25) is 14.9 Å². The first kappa shape index (κ1) is 13.0. The van der Waals surface area contributed by atoms with Gasteiger partial charge in [0.25, 0.3) is 5.91 Å². The molecule has 4 nitrogen and oxygen atoms in total. The van der Waals surface area contributed by atoms with Crippen molar-refractivity contribution in [3.05, 3.63) is 24.3 Å². The van der Waals surface area contributed by atoms with Crippen molar-refractivity contribution in [2.75, 3.05) is 6.61 Å². The first-order valence-electron chi connectivity index (χ1n) is 6.56. The average molecular weight is 249 g/mol. The Balaban J connectivity index is 1.98. The zero-order valence-electron chi connectivity index (χ0n) is 10.6. The summed E-state index contributed by atoms with van der Waals surface area (Å²) in [4.78, 5) is 23.6. The largest absolute Gasteiger partial charge is 0.360 e. The third-order valence-electron chi connectivity index (χ3n) is 3.43. The Hall–Kier alpha value is -1.42. The summed E-state index contributed by atoms with van der Waals surface area (Å²) in [7, 11) is 0. The number of allylic oxidation sites excluding steroid dienone is 2. The summed E-state index contributed by atoms with van der Waals surface area (Å²) < 4.78 is 5.75. The van der Waals surface area contributed by atoms with Gasteiger partial charge in [-0.25, -0.2) is 0 Å². The third-order valence-corrected chi connectivity index (χ3v) is 3.43. The van der Waals surface area contributed by atoms with E-state index < -0.39 is 11.5 Å². The lowest BCUT2D eigenvalue weighted by molar-refractivity contribution is -0.138. The molecule has 0 aromatic rings. The topological polar surface area (TPSA) is 55.4 Å². The summed E-state index contributed by atoms with van der Waals surface area (Å²) in [5, 5.41) is 2.35. The van der Waals surface area contributed by atoms with Crippen LogP contribution in [0.1, 0.15) is 32.6 Å². The lowest BCUT2D eigenvalue weighted by Gasteiger charge is -2.28. The molecule has 0 aromatic heterocycles. The van der Waals surface area contributed by atoms with Crippen LogP contribution < -0.4 is 5.32 Å². The van der Waals surface area contributed by atoms with E-state index in [4.69, 9.17) is 4.74 Å². The fourth-order valence-corrected chi connectivity index (χ4v) is 2.38. The number of carbonyl (C=O) groups excluding carboxylic acids is 2. The predicted molar refractivity (Wildman–Crippen MR) is 67.7 cm³/mol. The second-order valence-corrected chi connectivity index (χ2v) is 4.74. The van der Waals surface area contributed by atoms with E-state index in [1.807, 2.05) is 0 Å². The summed E-state index contributed by atoms with van der Waals surface area (Å²) in [5.74, 6) is -1.12. The van der Waals surface area contributed by atoms with Gasteiger partial charge in [-0.05, 0) is 12.5 Å². The van der Waals surface area contributed by atoms with Crippen LogP contribution in [-0.4, -0.2) is 24.0 Å². The van der Waals surface area contributed by atoms with Crippen LogP contribution in [0.2, 0.25) is 0 Å². The molecule has 1 saturated heterocycles. The molecule has 4 heteroatoms. The standard InChI is InChI=1S/C14H19NO3/c1-2-3-4-7-10-18-14-9-6-5-8-11(14)12(16)15-13(14)17/h5-6,8-9,11H,2-4,7,10H2,1H3,(H,15,16,17). The maximum Gasteiger partial charge on any atom is 0.264 e. The Bertz CT molecular complexity index is 400. The van der Waals surface area contributed by atoms with E-state index in [0.717, 1.165) is 19.3 Å². The molecule has 98 valence electrons. The van der Waals surface area contributed by atoms with Gasteiger partial charge in [0.15, 0.2) is 5.60 Å². The van der Waals surface area contributed by atoms with E-state index >= 15 is 0 Å². The molecule has 1 fully saturated rings. The molecule has 2 amide bonds. The highest BCUT2D eigenvalue weighted by atomic mass is 16.5. The van der Waals surface area contributed by atoms with E-state index in [-0.39, 0.29) is 11.8 Å². The first-order valence-corrected chi connectivity index (χ1v) is 6.56. The molecule has 2 atom stereocenters. The molecule has 0 radical (unpaired) electrons. The van der Waals surface area contributed by atoms with Gasteiger partial charge in [-0.2, -0.15) is 0 Å². The van der Waals surface area contributed by atoms with E-state index in [1.54, 1.807) is 24.3 Å². The minimum Gasteiger partial charge on any atom is -0.360 e. The Morgan fingerprint density at radius 2 is 2.11 bits per heavy atom. The quantitative estimate of drug-likeness (QED) is 0.576. The van der Waals surface area contributed by atoms with Crippen molar-refractivity contribution in [2.45, 2.75) is 38.2 Å². The van der Waals surface area contributed by atoms with Crippen LogP contribution >= 0.6 is 0 Å². The summed E-state index contributed by atoms with van der Waals surface area (Å²) in [6.07, 6.45) is 11.3. The molecule has 0 spiro atoms. The van der Waals surface area contributed by atoms with Crippen LogP contribution in [0.25, 0.3) is 0 Å². The number of carbonyl (C=O) groups is 2. The molecule has 0 aromatic carbocycles. The van der Waals surface area contributed by atoms with Gasteiger partial charge in [0, 0.05) is 6.61 Å². The van der Waals surface area contributed by atoms with Crippen molar-refractivity contribution in [1.29, 1.82) is 0 Å². The van der Waals surface area contributed by atoms with Crippen molar-refractivity contribution >= 4 is 11.8 Å². The zero-order valence-corrected chi connectivity index (χ0v) is 10.6. The Morgan fingerprint density at radius 3 is 2.89 bits per heavy atom. The SMILES string of the molecule is CCCCCCOC12C=CC=CC1C(=O)NC2=O. The number of hydrogen-bond acceptors (Lipinski definition) is 3. The monoisotopic (exact) mass is 249 g/mol. The van der Waals surface area contributed by atoms with Crippen molar-refractivity contribution < 1.29 is 14.3 Å². The molecule has 1 N–H and O–H groups in total. The minimum absolute atomic E-state index is 0.269. The lowest BCUT2D eigenvalue weighted by Crippen LogP contribution is -2.44. The fourth-order valence-electron chi connectivity index (χ4n) is 2.38. The number of imide groups is 1. The van der Waals surface area contributed by atoms with Gasteiger partial charge < -0.3 is 4.74 Å². The third kappa shape index (κ3) is 2.25. The Kier molecular flexibility index (Phi) is 3.97. The van der Waals surface area contributed by atoms with Gasteiger partial charge >= 0.3 is 0 Å². The number of rotatable bonds is 6. The number of nitrogens with one attached hydrogen (secondary N) is 1. The van der Waals surface area contributed by atoms with Gasteiger partial charge in [0.05, 0.1) is 5.92 Å². The molecular weight excluding hydrogens is 230 g/mol. The molecule has 0 bridgehead atoms. The summed E-state index contributed by atoms with van der Waals surface area (Å²) >= 11 is 0. The number of amides is 2. The first-order chi connectivity index (χ1) is 8.70. The smallest absolute Gasteiger partial charge is 0.264 e. The number of ether oxygens (including phenoxy) is 1. The van der Waals surface area contributed by atoms with E-state index in [1.165, 1.54) is 6.42 Å². The highest BCUT2D eigenvalue weighted by molar-refractivity contribution is 6.11. The summed E-state index contributed by atoms with van der Waals surface area (Å²) in [5.41, 5.74) is -1.10. The zero-order chi connectivity index (χ0) is 13.0. The van der Waals surface area contributed by atoms with E-state index in [9.17, 15) is 9.59 Å². The van der Waals surface area contributed by atoms with Crippen molar-refractivity contribution in [2.24, 2.45) is 5.92 Å². The van der Waals surface area contributed by atoms with Gasteiger partial charge in [-0.15, -0.1) is 0 Å². The van der Waals surface area contributed by atoms with Crippen LogP contribution in [0.3, 0.4) is 0 Å². The van der Waals surface area contributed by atoms with Crippen molar-refractivity contribution in [1.82, 2.24) is 5.32 Å². The number of fused-ring (bicyclic) bond motifs is 1. The Labute approximate surface area is 107 Å². The van der Waals surface area contributed by atoms with Crippen LogP contribution in [-0.2, 0) is 14.3 Å². The molecule has 1 aliphatic carbocycles. The van der Waals surface area contributed by atoms with Crippen LogP contribution in [0.5, 0.6) is 0 Å². The highest BCUT2D eigenvalue weighted by Crippen LogP contribution is 2.33. The van der Waals surface area contributed by atoms with Gasteiger partial charge in [0.1, 0.15) is 0 Å². The second-order valence-electron chi connectivity index (χ2n) is 4.74. The molecule has 18 heavy (non-hydrogen) atoms. The molecule has 1 heterocycles. The normalized spacial score (nSPS) is 29.5. The molecule has 0 saturated carbocycles. The molecule has 2 aliphatic rings. The number of hydrogen-bond donors (Lipinski definition) is 1. The van der Waals surface area contributed by atoms with E-state index in [2.05, 4.69) is 12.2 Å². The molecule has 2 rings (SSSR count). The predicted octanol–water partition coefficient (Wildman–Crippen LogP) is 1.72. The Morgan fingerprint density at radius 1 is 1.28 bits per heavy atom. The van der Waals surface area contributed by atoms with E-state index in [0.29, 0.717) is 6.61 Å². The fraction of sp³-hybridized carbons (Fsp3) is 0.571. The summed E-state index contributed by atoms with van der Waals surface area (Å²) in [6.45, 7) is 2.66. The minimum atomic E-state index is -1.10. The summed E-state index contributed by atoms with van der Waals surface area (Å²) in [6, 6.07) is 0. The molecule has 2 unspecified atom stereocenters. The van der Waals surface area contributed by atoms with Crippen LogP contribution in [0.4, 0.5) is 0 Å². The van der Waals surface area contributed by atoms with Crippen molar-refractivity contribution in [3.63, 3.8) is 0 Å². The van der Waals surface area contributed by atoms with Crippen LogP contribution in [0.15, 0.2) is 24.3 Å².